The summed E-state index contributed by atoms with van der Waals surface area (Å²) in [6, 6.07) is 12.0. The number of methoxy groups -OCH3 is 1. The van der Waals surface area contributed by atoms with Crippen LogP contribution in [0.15, 0.2) is 70.8 Å². The Morgan fingerprint density at radius 1 is 1.13 bits per heavy atom. The fraction of sp³-hybridized carbons (Fsp3) is 0.0769. The number of non-ortho nitro benzene ring substituents is 1. The van der Waals surface area contributed by atoms with Crippen molar-refractivity contribution in [2.75, 3.05) is 7.11 Å². The number of hydrogen-bond donors (Lipinski definition) is 1. The number of amides is 3. The van der Waals surface area contributed by atoms with E-state index in [1.54, 1.807) is 24.3 Å². The summed E-state index contributed by atoms with van der Waals surface area (Å²) in [5, 5.41) is 14.2. The van der Waals surface area contributed by atoms with E-state index in [-0.39, 0.29) is 40.8 Å². The molecule has 2 aromatic carbocycles. The van der Waals surface area contributed by atoms with Crippen LogP contribution in [0.4, 0.5) is 10.5 Å². The Kier molecular flexibility index (Phi) is 7.87. The number of nitro groups is 1. The first-order valence-corrected chi connectivity index (χ1v) is 11.5. The molecule has 0 spiro atoms. The number of ether oxygens (including phenoxy) is 2. The maximum atomic E-state index is 12.9. The highest BCUT2D eigenvalue weighted by molar-refractivity contribution is 6.30. The van der Waals surface area contributed by atoms with Gasteiger partial charge in [0.05, 0.1) is 18.6 Å². The minimum absolute atomic E-state index is 0.00563. The predicted molar refractivity (Wildman–Crippen MR) is 136 cm³/mol. The molecule has 1 aliphatic heterocycles. The number of rotatable bonds is 8. The van der Waals surface area contributed by atoms with Gasteiger partial charge in [-0.25, -0.2) is 14.4 Å². The zero-order chi connectivity index (χ0) is 28.1. The van der Waals surface area contributed by atoms with Crippen LogP contribution in [0, 0.1) is 10.1 Å². The molecule has 198 valence electrons. The number of nitro benzene ring substituents is 1. The normalized spacial score (nSPS) is 14.1. The van der Waals surface area contributed by atoms with Crippen molar-refractivity contribution in [2.45, 2.75) is 6.54 Å². The van der Waals surface area contributed by atoms with Crippen LogP contribution in [-0.4, -0.2) is 40.8 Å². The molecular weight excluding hydrogens is 534 g/mol. The molecule has 1 fully saturated rings. The largest absolute Gasteiger partial charge is 0.463 e. The highest BCUT2D eigenvalue weighted by Crippen LogP contribution is 2.28. The van der Waals surface area contributed by atoms with Gasteiger partial charge in [0.2, 0.25) is 5.76 Å². The Hall–Kier alpha value is -5.23. The molecular formula is C26H18ClN3O9. The molecule has 0 atom stereocenters. The highest BCUT2D eigenvalue weighted by Gasteiger charge is 2.35. The smallest absolute Gasteiger partial charge is 0.373 e. The fourth-order valence-electron chi connectivity index (χ4n) is 3.44. The molecule has 1 saturated heterocycles. The van der Waals surface area contributed by atoms with Crippen molar-refractivity contribution in [1.29, 1.82) is 0 Å². The standard InChI is InChI=1S/C26H18ClN3O9/c1-37-25(33)22-10-8-19(38-22)14-29-24(32)20(28-26(29)34)13-16-12-18(30(35)36)7-9-21(16)39-23(31)11-4-15-2-5-17(27)6-3-15/h2-13H,14H2,1H3,(H,28,34)/b11-4+,20-13-. The van der Waals surface area contributed by atoms with Crippen molar-refractivity contribution < 1.29 is 38.0 Å². The average molecular weight is 552 g/mol. The number of halogens is 1. The van der Waals surface area contributed by atoms with E-state index in [0.29, 0.717) is 10.6 Å². The van der Waals surface area contributed by atoms with Crippen LogP contribution in [0.5, 0.6) is 5.75 Å². The molecule has 3 aromatic rings. The quantitative estimate of drug-likeness (QED) is 0.107. The Bertz CT molecular complexity index is 1540. The SMILES string of the molecule is COC(=O)c1ccc(CN2C(=O)N/C(=C\c3cc([N+](=O)[O-])ccc3OC(=O)/C=C/c3ccc(Cl)cc3)C2=O)o1. The first-order chi connectivity index (χ1) is 18.6. The van der Waals surface area contributed by atoms with Crippen LogP contribution >= 0.6 is 11.6 Å². The molecule has 12 nitrogen and oxygen atoms in total. The number of hydrogen-bond acceptors (Lipinski definition) is 9. The first-order valence-electron chi connectivity index (χ1n) is 11.1. The number of esters is 2. The van der Waals surface area contributed by atoms with Crippen molar-refractivity contribution in [3.05, 3.63) is 104 Å². The number of benzene rings is 2. The second kappa shape index (κ2) is 11.4. The van der Waals surface area contributed by atoms with Gasteiger partial charge in [-0.3, -0.25) is 19.8 Å². The molecule has 0 unspecified atom stereocenters. The van der Waals surface area contributed by atoms with Crippen LogP contribution in [0.1, 0.15) is 27.4 Å². The van der Waals surface area contributed by atoms with Gasteiger partial charge in [0.15, 0.2) is 0 Å². The summed E-state index contributed by atoms with van der Waals surface area (Å²) in [5.41, 5.74) is 0.109. The lowest BCUT2D eigenvalue weighted by atomic mass is 10.1. The van der Waals surface area contributed by atoms with Gasteiger partial charge in [-0.1, -0.05) is 23.7 Å². The van der Waals surface area contributed by atoms with E-state index in [0.717, 1.165) is 29.2 Å². The zero-order valence-corrected chi connectivity index (χ0v) is 20.8. The zero-order valence-electron chi connectivity index (χ0n) is 20.1. The van der Waals surface area contributed by atoms with Gasteiger partial charge >= 0.3 is 18.0 Å². The minimum Gasteiger partial charge on any atom is -0.463 e. The minimum atomic E-state index is -0.794. The average Bonchev–Trinajstić information content (AvgIpc) is 3.49. The summed E-state index contributed by atoms with van der Waals surface area (Å²) >= 11 is 5.85. The number of carbonyl (C=O) groups excluding carboxylic acids is 4. The summed E-state index contributed by atoms with van der Waals surface area (Å²) in [4.78, 5) is 60.9. The molecule has 4 rings (SSSR count). The molecule has 1 aromatic heterocycles. The van der Waals surface area contributed by atoms with Gasteiger partial charge < -0.3 is 19.2 Å². The Morgan fingerprint density at radius 3 is 2.56 bits per heavy atom. The lowest BCUT2D eigenvalue weighted by Gasteiger charge is -2.09. The monoisotopic (exact) mass is 551 g/mol. The van der Waals surface area contributed by atoms with Gasteiger partial charge in [0.1, 0.15) is 17.2 Å². The maximum absolute atomic E-state index is 12.9. The van der Waals surface area contributed by atoms with E-state index in [4.69, 9.17) is 20.8 Å². The van der Waals surface area contributed by atoms with E-state index in [9.17, 15) is 29.3 Å². The van der Waals surface area contributed by atoms with Crippen LogP contribution in [0.25, 0.3) is 12.2 Å². The molecule has 3 amide bonds. The maximum Gasteiger partial charge on any atom is 0.373 e. The lowest BCUT2D eigenvalue weighted by molar-refractivity contribution is -0.384. The number of imide groups is 1. The van der Waals surface area contributed by atoms with Gasteiger partial charge in [-0.05, 0) is 48.0 Å². The number of urea groups is 1. The number of nitrogens with one attached hydrogen (secondary N) is 1. The predicted octanol–water partition coefficient (Wildman–Crippen LogP) is 4.34. The lowest BCUT2D eigenvalue weighted by Crippen LogP contribution is -2.30. The van der Waals surface area contributed by atoms with E-state index in [1.807, 2.05) is 0 Å². The van der Waals surface area contributed by atoms with Crippen LogP contribution < -0.4 is 10.1 Å². The van der Waals surface area contributed by atoms with E-state index >= 15 is 0 Å². The molecule has 2 heterocycles. The number of nitrogens with zero attached hydrogens (tertiary/aromatic N) is 2. The van der Waals surface area contributed by atoms with Gasteiger partial charge in [0, 0.05) is 28.8 Å². The van der Waals surface area contributed by atoms with Crippen LogP contribution in [0.2, 0.25) is 5.02 Å². The Morgan fingerprint density at radius 2 is 1.87 bits per heavy atom. The Balaban J connectivity index is 1.56. The first kappa shape index (κ1) is 26.8. The van der Waals surface area contributed by atoms with Crippen LogP contribution in [0.3, 0.4) is 0 Å². The van der Waals surface area contributed by atoms with Crippen molar-refractivity contribution >= 4 is 53.3 Å². The molecule has 13 heteroatoms. The number of carbonyl (C=O) groups is 4. The van der Waals surface area contributed by atoms with E-state index in [1.165, 1.54) is 31.4 Å². The summed E-state index contributed by atoms with van der Waals surface area (Å²) in [5.74, 6) is -2.35. The Labute approximate surface area is 225 Å². The topological polar surface area (TPSA) is 158 Å². The molecule has 0 saturated carbocycles. The van der Waals surface area contributed by atoms with Crippen LogP contribution in [-0.2, 0) is 20.9 Å². The molecule has 1 aliphatic rings. The molecule has 0 bridgehead atoms. The molecule has 0 radical (unpaired) electrons. The summed E-state index contributed by atoms with van der Waals surface area (Å²) in [6.45, 7) is -0.300. The molecule has 1 N–H and O–H groups in total. The van der Waals surface area contributed by atoms with Gasteiger partial charge in [-0.2, -0.15) is 0 Å². The summed E-state index contributed by atoms with van der Waals surface area (Å²) in [7, 11) is 1.18. The second-order valence-electron chi connectivity index (χ2n) is 7.92. The summed E-state index contributed by atoms with van der Waals surface area (Å²) in [6.07, 6.45) is 3.79. The van der Waals surface area contributed by atoms with Crippen molar-refractivity contribution in [3.8, 4) is 5.75 Å². The highest BCUT2D eigenvalue weighted by atomic mass is 35.5. The fourth-order valence-corrected chi connectivity index (χ4v) is 3.56. The van der Waals surface area contributed by atoms with Crippen molar-refractivity contribution in [1.82, 2.24) is 10.2 Å². The third kappa shape index (κ3) is 6.37. The summed E-state index contributed by atoms with van der Waals surface area (Å²) < 4.78 is 15.2. The van der Waals surface area contributed by atoms with Gasteiger partial charge in [-0.15, -0.1) is 0 Å². The van der Waals surface area contributed by atoms with Crippen molar-refractivity contribution in [3.63, 3.8) is 0 Å². The van der Waals surface area contributed by atoms with Gasteiger partial charge in [0.25, 0.3) is 11.6 Å². The van der Waals surface area contributed by atoms with Crippen molar-refractivity contribution in [2.24, 2.45) is 0 Å². The third-order valence-electron chi connectivity index (χ3n) is 5.32. The molecule has 0 aliphatic carbocycles. The molecule has 39 heavy (non-hydrogen) atoms. The number of furan rings is 1. The second-order valence-corrected chi connectivity index (χ2v) is 8.36. The third-order valence-corrected chi connectivity index (χ3v) is 5.57. The van der Waals surface area contributed by atoms with E-state index < -0.39 is 28.8 Å². The van der Waals surface area contributed by atoms with E-state index in [2.05, 4.69) is 10.1 Å².